The van der Waals surface area contributed by atoms with E-state index in [2.05, 4.69) is 4.98 Å². The van der Waals surface area contributed by atoms with Crippen LogP contribution in [0.25, 0.3) is 5.69 Å². The van der Waals surface area contributed by atoms with Crippen LogP contribution in [0.4, 0.5) is 0 Å². The van der Waals surface area contributed by atoms with E-state index in [4.69, 9.17) is 5.11 Å². The Labute approximate surface area is 74.7 Å². The molecule has 0 saturated carbocycles. The SMILES string of the molecule is Oc1ccc(-n2ccnc2)c(O)c1. The lowest BCUT2D eigenvalue weighted by Gasteiger charge is -2.04. The van der Waals surface area contributed by atoms with Crippen molar-refractivity contribution >= 4 is 0 Å². The molecule has 13 heavy (non-hydrogen) atoms. The van der Waals surface area contributed by atoms with Crippen LogP contribution in [0.15, 0.2) is 36.9 Å². The van der Waals surface area contributed by atoms with E-state index < -0.39 is 0 Å². The predicted molar refractivity (Wildman–Crippen MR) is 46.9 cm³/mol. The fraction of sp³-hybridized carbons (Fsp3) is 0. The van der Waals surface area contributed by atoms with E-state index in [0.29, 0.717) is 5.69 Å². The van der Waals surface area contributed by atoms with Crippen molar-refractivity contribution < 1.29 is 10.2 Å². The summed E-state index contributed by atoms with van der Waals surface area (Å²) in [5.74, 6) is 0.0689. The van der Waals surface area contributed by atoms with E-state index in [1.54, 1.807) is 29.4 Å². The largest absolute Gasteiger partial charge is 0.508 e. The third-order valence-corrected chi connectivity index (χ3v) is 1.74. The van der Waals surface area contributed by atoms with Crippen LogP contribution >= 0.6 is 0 Å². The molecular formula is C9H8N2O2. The van der Waals surface area contributed by atoms with E-state index in [1.807, 2.05) is 0 Å². The molecule has 0 aliphatic rings. The van der Waals surface area contributed by atoms with Gasteiger partial charge in [-0.3, -0.25) is 0 Å². The van der Waals surface area contributed by atoms with Crippen molar-refractivity contribution in [1.29, 1.82) is 0 Å². The zero-order valence-corrected chi connectivity index (χ0v) is 6.75. The van der Waals surface area contributed by atoms with Crippen molar-refractivity contribution in [1.82, 2.24) is 9.55 Å². The topological polar surface area (TPSA) is 58.3 Å². The van der Waals surface area contributed by atoms with Gasteiger partial charge in [0.2, 0.25) is 0 Å². The van der Waals surface area contributed by atoms with Crippen LogP contribution in [-0.2, 0) is 0 Å². The first-order valence-corrected chi connectivity index (χ1v) is 3.77. The molecule has 0 atom stereocenters. The highest BCUT2D eigenvalue weighted by molar-refractivity contribution is 5.49. The van der Waals surface area contributed by atoms with Gasteiger partial charge in [0.25, 0.3) is 0 Å². The number of phenolic OH excluding ortho intramolecular Hbond substituents is 2. The summed E-state index contributed by atoms with van der Waals surface area (Å²) >= 11 is 0. The molecule has 4 heteroatoms. The first-order chi connectivity index (χ1) is 6.27. The van der Waals surface area contributed by atoms with Gasteiger partial charge >= 0.3 is 0 Å². The summed E-state index contributed by atoms with van der Waals surface area (Å²) in [5, 5.41) is 18.5. The van der Waals surface area contributed by atoms with Gasteiger partial charge in [-0.15, -0.1) is 0 Å². The van der Waals surface area contributed by atoms with Crippen molar-refractivity contribution in [3.8, 4) is 17.2 Å². The Morgan fingerprint density at radius 3 is 2.69 bits per heavy atom. The van der Waals surface area contributed by atoms with Crippen LogP contribution in [0.2, 0.25) is 0 Å². The fourth-order valence-corrected chi connectivity index (χ4v) is 1.13. The maximum Gasteiger partial charge on any atom is 0.143 e. The van der Waals surface area contributed by atoms with E-state index in [9.17, 15) is 5.11 Å². The monoisotopic (exact) mass is 176 g/mol. The van der Waals surface area contributed by atoms with E-state index >= 15 is 0 Å². The highest BCUT2D eigenvalue weighted by Crippen LogP contribution is 2.25. The van der Waals surface area contributed by atoms with E-state index in [1.165, 1.54) is 12.1 Å². The maximum absolute atomic E-state index is 9.45. The molecule has 4 nitrogen and oxygen atoms in total. The molecule has 0 aliphatic heterocycles. The van der Waals surface area contributed by atoms with E-state index in [0.717, 1.165) is 0 Å². The predicted octanol–water partition coefficient (Wildman–Crippen LogP) is 1.28. The highest BCUT2D eigenvalue weighted by atomic mass is 16.3. The van der Waals surface area contributed by atoms with Gasteiger partial charge in [-0.1, -0.05) is 0 Å². The van der Waals surface area contributed by atoms with Crippen LogP contribution in [0.3, 0.4) is 0 Å². The second-order valence-corrected chi connectivity index (χ2v) is 2.64. The standard InChI is InChI=1S/C9H8N2O2/c12-7-1-2-8(9(13)5-7)11-4-3-10-6-11/h1-6,12-13H. The number of benzene rings is 1. The maximum atomic E-state index is 9.45. The number of nitrogens with zero attached hydrogens (tertiary/aromatic N) is 2. The van der Waals surface area contributed by atoms with Crippen molar-refractivity contribution in [2.45, 2.75) is 0 Å². The Morgan fingerprint density at radius 1 is 1.23 bits per heavy atom. The summed E-state index contributed by atoms with van der Waals surface area (Å²) < 4.78 is 1.66. The van der Waals surface area contributed by atoms with Crippen LogP contribution in [0, 0.1) is 0 Å². The van der Waals surface area contributed by atoms with Gasteiger partial charge in [0.05, 0.1) is 12.0 Å². The molecule has 66 valence electrons. The second kappa shape index (κ2) is 2.82. The number of aromatic nitrogens is 2. The number of imidazole rings is 1. The minimum Gasteiger partial charge on any atom is -0.508 e. The number of hydrogen-bond acceptors (Lipinski definition) is 3. The van der Waals surface area contributed by atoms with Gasteiger partial charge in [0.15, 0.2) is 0 Å². The van der Waals surface area contributed by atoms with Crippen LogP contribution in [0.5, 0.6) is 11.5 Å². The van der Waals surface area contributed by atoms with Gasteiger partial charge < -0.3 is 14.8 Å². The Hall–Kier alpha value is -1.97. The zero-order valence-electron chi connectivity index (χ0n) is 6.75. The Balaban J connectivity index is 2.53. The minimum absolute atomic E-state index is 0.0259. The molecule has 0 fully saturated rings. The van der Waals surface area contributed by atoms with Gasteiger partial charge in [-0.25, -0.2) is 4.98 Å². The average Bonchev–Trinajstić information content (AvgIpc) is 2.56. The molecule has 0 bridgehead atoms. The molecule has 1 aromatic heterocycles. The van der Waals surface area contributed by atoms with Crippen molar-refractivity contribution in [2.24, 2.45) is 0 Å². The van der Waals surface area contributed by atoms with Crippen molar-refractivity contribution in [2.75, 3.05) is 0 Å². The van der Waals surface area contributed by atoms with Crippen LogP contribution in [-0.4, -0.2) is 19.8 Å². The Kier molecular flexibility index (Phi) is 1.66. The van der Waals surface area contributed by atoms with Crippen LogP contribution in [0.1, 0.15) is 0 Å². The Bertz CT molecular complexity index is 410. The molecule has 1 heterocycles. The van der Waals surface area contributed by atoms with Gasteiger partial charge in [0.1, 0.15) is 11.5 Å². The molecule has 2 aromatic rings. The number of aromatic hydroxyl groups is 2. The molecule has 0 saturated heterocycles. The molecule has 2 rings (SSSR count). The number of hydrogen-bond donors (Lipinski definition) is 2. The molecule has 0 aliphatic carbocycles. The summed E-state index contributed by atoms with van der Waals surface area (Å²) in [6.45, 7) is 0. The van der Waals surface area contributed by atoms with Crippen molar-refractivity contribution in [3.05, 3.63) is 36.9 Å². The normalized spacial score (nSPS) is 10.2. The summed E-state index contributed by atoms with van der Waals surface area (Å²) in [6, 6.07) is 4.41. The van der Waals surface area contributed by atoms with E-state index in [-0.39, 0.29) is 11.5 Å². The van der Waals surface area contributed by atoms with Gasteiger partial charge in [-0.05, 0) is 12.1 Å². The quantitative estimate of drug-likeness (QED) is 0.688. The lowest BCUT2D eigenvalue weighted by Crippen LogP contribution is -1.89. The number of phenols is 2. The zero-order chi connectivity index (χ0) is 9.26. The third kappa shape index (κ3) is 1.33. The molecule has 0 amide bonds. The average molecular weight is 176 g/mol. The first-order valence-electron chi connectivity index (χ1n) is 3.77. The molecule has 0 spiro atoms. The summed E-state index contributed by atoms with van der Waals surface area (Å²) in [7, 11) is 0. The fourth-order valence-electron chi connectivity index (χ4n) is 1.13. The van der Waals surface area contributed by atoms with Gasteiger partial charge in [-0.2, -0.15) is 0 Å². The first kappa shape index (κ1) is 7.67. The number of rotatable bonds is 1. The smallest absolute Gasteiger partial charge is 0.143 e. The molecular weight excluding hydrogens is 168 g/mol. The molecule has 0 radical (unpaired) electrons. The summed E-state index contributed by atoms with van der Waals surface area (Å²) in [5.41, 5.74) is 0.593. The third-order valence-electron chi connectivity index (χ3n) is 1.74. The molecule has 1 aromatic carbocycles. The summed E-state index contributed by atoms with van der Waals surface area (Å²) in [6.07, 6.45) is 4.91. The van der Waals surface area contributed by atoms with Crippen molar-refractivity contribution in [3.63, 3.8) is 0 Å². The summed E-state index contributed by atoms with van der Waals surface area (Å²) in [4.78, 5) is 3.85. The van der Waals surface area contributed by atoms with Gasteiger partial charge in [0, 0.05) is 18.5 Å². The Morgan fingerprint density at radius 2 is 2.08 bits per heavy atom. The molecule has 2 N–H and O–H groups in total. The molecule has 0 unspecified atom stereocenters. The van der Waals surface area contributed by atoms with Crippen LogP contribution < -0.4 is 0 Å². The highest BCUT2D eigenvalue weighted by Gasteiger charge is 2.02. The second-order valence-electron chi connectivity index (χ2n) is 2.64. The minimum atomic E-state index is 0.0259. The lowest BCUT2D eigenvalue weighted by atomic mass is 10.3. The lowest BCUT2D eigenvalue weighted by molar-refractivity contribution is 0.449.